The monoisotopic (exact) mass is 420 g/mol. The van der Waals surface area contributed by atoms with Crippen LogP contribution in [0.3, 0.4) is 0 Å². The van der Waals surface area contributed by atoms with E-state index in [1.807, 2.05) is 18.0 Å². The number of anilines is 1. The molecule has 31 heavy (non-hydrogen) atoms. The second-order valence-electron chi connectivity index (χ2n) is 9.17. The molecule has 0 saturated heterocycles. The van der Waals surface area contributed by atoms with Crippen molar-refractivity contribution < 1.29 is 9.21 Å². The van der Waals surface area contributed by atoms with Gasteiger partial charge in [0.05, 0.1) is 10.9 Å². The maximum Gasteiger partial charge on any atom is 0.258 e. The molecule has 0 bridgehead atoms. The van der Waals surface area contributed by atoms with Gasteiger partial charge < -0.3 is 14.6 Å². The Morgan fingerprint density at radius 1 is 1.42 bits per heavy atom. The molecule has 2 aromatic rings. The van der Waals surface area contributed by atoms with Gasteiger partial charge in [0, 0.05) is 49.1 Å². The lowest BCUT2D eigenvalue weighted by Crippen LogP contribution is -2.37. The molecular formula is C23H28N6O2. The number of hydrogen-bond donors (Lipinski definition) is 1. The summed E-state index contributed by atoms with van der Waals surface area (Å²) in [4.78, 5) is 32.9. The third-order valence-corrected chi connectivity index (χ3v) is 6.43. The van der Waals surface area contributed by atoms with E-state index in [1.54, 1.807) is 0 Å². The van der Waals surface area contributed by atoms with Gasteiger partial charge in [-0.2, -0.15) is 0 Å². The lowest BCUT2D eigenvalue weighted by molar-refractivity contribution is 0.0766. The minimum Gasteiger partial charge on any atom is -0.442 e. The topological polar surface area (TPSA) is 96.0 Å². The van der Waals surface area contributed by atoms with E-state index in [9.17, 15) is 4.79 Å². The number of fused-ring (bicyclic) bond motifs is 1. The molecule has 0 spiro atoms. The summed E-state index contributed by atoms with van der Waals surface area (Å²) in [6, 6.07) is 0. The van der Waals surface area contributed by atoms with E-state index in [0.717, 1.165) is 36.6 Å². The number of furan rings is 1. The minimum absolute atomic E-state index is 0.0242. The molecule has 5 rings (SSSR count). The van der Waals surface area contributed by atoms with Crippen molar-refractivity contribution in [3.8, 4) is 0 Å². The molecule has 0 radical (unpaired) electrons. The predicted molar refractivity (Wildman–Crippen MR) is 121 cm³/mol. The van der Waals surface area contributed by atoms with Crippen LogP contribution in [0, 0.1) is 12.8 Å². The number of rotatable bonds is 7. The molecule has 1 aliphatic heterocycles. The first-order chi connectivity index (χ1) is 15.0. The summed E-state index contributed by atoms with van der Waals surface area (Å²) >= 11 is 0. The molecule has 8 heteroatoms. The van der Waals surface area contributed by atoms with Gasteiger partial charge in [0.2, 0.25) is 5.71 Å². The van der Waals surface area contributed by atoms with E-state index in [4.69, 9.17) is 4.42 Å². The van der Waals surface area contributed by atoms with Gasteiger partial charge in [-0.05, 0) is 52.2 Å². The number of nitrogens with zero attached hydrogens (tertiary/aromatic N) is 5. The lowest BCUT2D eigenvalue weighted by Gasteiger charge is -2.28. The van der Waals surface area contributed by atoms with Crippen LogP contribution in [0.1, 0.15) is 55.1 Å². The number of carbonyl (C=O) groups is 1. The van der Waals surface area contributed by atoms with Crippen LogP contribution in [0.15, 0.2) is 32.0 Å². The number of aromatic nitrogens is 2. The highest BCUT2D eigenvalue weighted by Gasteiger charge is 2.39. The number of aliphatic imine (C=N–C) groups is 2. The summed E-state index contributed by atoms with van der Waals surface area (Å²) in [6.45, 7) is 9.55. The largest absolute Gasteiger partial charge is 0.442 e. The first-order valence-corrected chi connectivity index (χ1v) is 11.0. The Morgan fingerprint density at radius 3 is 2.94 bits per heavy atom. The summed E-state index contributed by atoms with van der Waals surface area (Å²) in [7, 11) is 0. The van der Waals surface area contributed by atoms with Gasteiger partial charge in [-0.15, -0.1) is 0 Å². The third-order valence-electron chi connectivity index (χ3n) is 6.43. The van der Waals surface area contributed by atoms with Crippen LogP contribution in [0.5, 0.6) is 0 Å². The van der Waals surface area contributed by atoms with E-state index in [2.05, 4.69) is 38.9 Å². The van der Waals surface area contributed by atoms with E-state index in [0.29, 0.717) is 47.8 Å². The summed E-state index contributed by atoms with van der Waals surface area (Å²) in [5, 5.41) is 4.15. The highest BCUT2D eigenvalue weighted by molar-refractivity contribution is 6.10. The highest BCUT2D eigenvalue weighted by atomic mass is 16.3. The second-order valence-corrected chi connectivity index (χ2v) is 9.17. The predicted octanol–water partition coefficient (Wildman–Crippen LogP) is 3.78. The van der Waals surface area contributed by atoms with Gasteiger partial charge >= 0.3 is 0 Å². The zero-order valence-electron chi connectivity index (χ0n) is 18.1. The molecule has 2 saturated carbocycles. The second kappa shape index (κ2) is 7.59. The Labute approximate surface area is 181 Å². The van der Waals surface area contributed by atoms with Crippen LogP contribution < -0.4 is 5.32 Å². The first kappa shape index (κ1) is 19.9. The highest BCUT2D eigenvalue weighted by Crippen LogP contribution is 2.40. The molecular weight excluding hydrogens is 392 g/mol. The average molecular weight is 421 g/mol. The molecule has 0 aromatic carbocycles. The summed E-state index contributed by atoms with van der Waals surface area (Å²) < 4.78 is 5.85. The van der Waals surface area contributed by atoms with Gasteiger partial charge in [0.1, 0.15) is 17.9 Å². The Bertz CT molecular complexity index is 1110. The molecule has 2 aliphatic carbocycles. The normalized spacial score (nSPS) is 20.5. The number of aryl methyl sites for hydroxylation is 1. The van der Waals surface area contributed by atoms with Crippen LogP contribution in [0.25, 0.3) is 11.1 Å². The molecule has 0 unspecified atom stereocenters. The van der Waals surface area contributed by atoms with E-state index < -0.39 is 0 Å². The maximum absolute atomic E-state index is 13.6. The van der Waals surface area contributed by atoms with Gasteiger partial charge in [0.25, 0.3) is 5.91 Å². The quantitative estimate of drug-likeness (QED) is 0.688. The minimum atomic E-state index is -0.0775. The summed E-state index contributed by atoms with van der Waals surface area (Å²) in [5.41, 5.74) is 2.88. The third kappa shape index (κ3) is 3.98. The fraction of sp³-hybridized carbons (Fsp3) is 0.522. The van der Waals surface area contributed by atoms with Crippen molar-refractivity contribution >= 4 is 35.8 Å². The molecule has 2 aromatic heterocycles. The van der Waals surface area contributed by atoms with Crippen molar-refractivity contribution in [1.29, 1.82) is 0 Å². The van der Waals surface area contributed by atoms with Crippen molar-refractivity contribution in [3.05, 3.63) is 28.9 Å². The molecule has 3 aliphatic rings. The Balaban J connectivity index is 1.44. The van der Waals surface area contributed by atoms with Crippen LogP contribution in [-0.2, 0) is 0 Å². The fourth-order valence-corrected chi connectivity index (χ4v) is 4.01. The van der Waals surface area contributed by atoms with Crippen molar-refractivity contribution in [2.24, 2.45) is 15.9 Å². The number of carbonyl (C=O) groups excluding carboxylic acids is 1. The van der Waals surface area contributed by atoms with Gasteiger partial charge in [0.15, 0.2) is 0 Å². The van der Waals surface area contributed by atoms with Gasteiger partial charge in [-0.1, -0.05) is 0 Å². The van der Waals surface area contributed by atoms with E-state index in [-0.39, 0.29) is 11.4 Å². The van der Waals surface area contributed by atoms with E-state index >= 15 is 0 Å². The SMILES string of the molecule is C=NC1=C(C=NCC2CC2)CN(C(=O)c2c(C)oc3ncnc(NC4(C)CC4)c23)CC1. The zero-order chi connectivity index (χ0) is 21.6. The molecule has 162 valence electrons. The standard InChI is InChI=1S/C23H28N6O2/c1-14-18(19-20(28-23(2)7-8-23)26-13-27-21(19)31-14)22(30)29-9-6-17(24-3)16(12-29)11-25-10-15-4-5-15/h11,13,15H,3-10,12H2,1-2H3,(H,26,27,28). The van der Waals surface area contributed by atoms with Crippen LogP contribution in [0.4, 0.5) is 5.82 Å². The van der Waals surface area contributed by atoms with E-state index in [1.165, 1.54) is 19.2 Å². The van der Waals surface area contributed by atoms with Gasteiger partial charge in [-0.25, -0.2) is 9.97 Å². The molecule has 1 N–H and O–H groups in total. The van der Waals surface area contributed by atoms with Gasteiger partial charge in [-0.3, -0.25) is 14.8 Å². The molecule has 1 amide bonds. The number of nitrogens with one attached hydrogen (secondary N) is 1. The van der Waals surface area contributed by atoms with Crippen molar-refractivity contribution in [3.63, 3.8) is 0 Å². The molecule has 3 heterocycles. The Kier molecular flexibility index (Phi) is 4.87. The maximum atomic E-state index is 13.6. The Hall–Kier alpha value is -3.03. The van der Waals surface area contributed by atoms with Crippen LogP contribution in [-0.4, -0.2) is 58.9 Å². The van der Waals surface area contributed by atoms with Crippen LogP contribution >= 0.6 is 0 Å². The fourth-order valence-electron chi connectivity index (χ4n) is 4.01. The lowest BCUT2D eigenvalue weighted by atomic mass is 10.0. The number of hydrogen-bond acceptors (Lipinski definition) is 7. The smallest absolute Gasteiger partial charge is 0.258 e. The van der Waals surface area contributed by atoms with Crippen molar-refractivity contribution in [2.75, 3.05) is 25.0 Å². The zero-order valence-corrected chi connectivity index (χ0v) is 18.1. The van der Waals surface area contributed by atoms with Crippen LogP contribution in [0.2, 0.25) is 0 Å². The number of amides is 1. The summed E-state index contributed by atoms with van der Waals surface area (Å²) in [5.74, 6) is 1.87. The Morgan fingerprint density at radius 2 is 2.23 bits per heavy atom. The average Bonchev–Trinajstić information content (AvgIpc) is 3.68. The van der Waals surface area contributed by atoms with Crippen molar-refractivity contribution in [2.45, 2.75) is 51.5 Å². The first-order valence-electron chi connectivity index (χ1n) is 11.0. The molecule has 8 nitrogen and oxygen atoms in total. The molecule has 0 atom stereocenters. The summed E-state index contributed by atoms with van der Waals surface area (Å²) in [6.07, 6.45) is 8.71. The molecule has 2 fully saturated rings. The van der Waals surface area contributed by atoms with Crippen molar-refractivity contribution in [1.82, 2.24) is 14.9 Å².